The summed E-state index contributed by atoms with van der Waals surface area (Å²) in [5.41, 5.74) is 7.62. The number of H-pyrrole nitrogens is 1. The van der Waals surface area contributed by atoms with Crippen molar-refractivity contribution in [3.63, 3.8) is 0 Å². The smallest absolute Gasteiger partial charge is 0.189 e. The van der Waals surface area contributed by atoms with Gasteiger partial charge in [-0.2, -0.15) is 0 Å². The number of rotatable bonds is 0. The number of hydrogen-bond acceptors (Lipinski definition) is 2. The summed E-state index contributed by atoms with van der Waals surface area (Å²) in [5.74, 6) is 0. The van der Waals surface area contributed by atoms with Gasteiger partial charge in [0.1, 0.15) is 0 Å². The van der Waals surface area contributed by atoms with Crippen molar-refractivity contribution in [2.45, 2.75) is 209 Å². The van der Waals surface area contributed by atoms with E-state index in [-0.39, 0.29) is 54.2 Å². The van der Waals surface area contributed by atoms with Crippen LogP contribution in [0.25, 0.3) is 0 Å². The molecule has 4 nitrogen and oxygen atoms in total. The van der Waals surface area contributed by atoms with Gasteiger partial charge in [0, 0.05) is 73.7 Å². The Morgan fingerprint density at radius 1 is 0.340 bits per heavy atom. The van der Waals surface area contributed by atoms with Crippen LogP contribution in [-0.2, 0) is 50.4 Å². The lowest BCUT2D eigenvalue weighted by atomic mass is 9.71. The number of aromatic amines is 1. The highest BCUT2D eigenvalue weighted by atomic mass is 16.1. The van der Waals surface area contributed by atoms with E-state index in [4.69, 9.17) is 0 Å². The van der Waals surface area contributed by atoms with E-state index >= 15 is 0 Å². The van der Waals surface area contributed by atoms with Gasteiger partial charge in [-0.05, 0) is 21.7 Å². The van der Waals surface area contributed by atoms with E-state index in [0.29, 0.717) is 0 Å². The van der Waals surface area contributed by atoms with Gasteiger partial charge in [0.15, 0.2) is 10.9 Å². The molecule has 0 bridgehead atoms. The van der Waals surface area contributed by atoms with Crippen molar-refractivity contribution < 1.29 is 0 Å². The molecule has 0 saturated heterocycles. The van der Waals surface area contributed by atoms with Gasteiger partial charge < -0.3 is 9.55 Å². The molecule has 0 saturated carbocycles. The van der Waals surface area contributed by atoms with E-state index < -0.39 is 0 Å². The molecule has 0 amide bonds. The Labute approximate surface area is 291 Å². The lowest BCUT2D eigenvalue weighted by Crippen LogP contribution is -2.42. The van der Waals surface area contributed by atoms with Crippen molar-refractivity contribution in [3.8, 4) is 0 Å². The van der Waals surface area contributed by atoms with E-state index in [1.54, 1.807) is 0 Å². The van der Waals surface area contributed by atoms with Crippen LogP contribution in [0.5, 0.6) is 0 Å². The Hall–Kier alpha value is -2.10. The van der Waals surface area contributed by atoms with Crippen molar-refractivity contribution in [1.82, 2.24) is 9.55 Å². The SMILES string of the molecule is CC(C)(C)c1[nH]c(C(C)(C)C)c(C(C)(C)C)c(=O)c1C(C)(C)C.Cn1c(C(C)(C)C)c(C(C)(C)C)c(=O)c(C(C)(C)C)c1C(C)(C)C. The van der Waals surface area contributed by atoms with Crippen LogP contribution < -0.4 is 10.9 Å². The maximum atomic E-state index is 13.7. The predicted octanol–water partition coefficient (Wildman–Crippen LogP) is 11.1. The van der Waals surface area contributed by atoms with Crippen molar-refractivity contribution in [2.24, 2.45) is 7.05 Å². The van der Waals surface area contributed by atoms with Crippen LogP contribution in [0.15, 0.2) is 9.59 Å². The third-order valence-electron chi connectivity index (χ3n) is 8.72. The first-order chi connectivity index (χ1) is 20.2. The lowest BCUT2D eigenvalue weighted by Gasteiger charge is -2.39. The van der Waals surface area contributed by atoms with Crippen molar-refractivity contribution in [2.75, 3.05) is 0 Å². The van der Waals surface area contributed by atoms with Crippen molar-refractivity contribution >= 4 is 0 Å². The summed E-state index contributed by atoms with van der Waals surface area (Å²) in [6.07, 6.45) is 0. The third-order valence-corrected chi connectivity index (χ3v) is 8.72. The zero-order valence-electron chi connectivity index (χ0n) is 35.8. The van der Waals surface area contributed by atoms with Gasteiger partial charge in [-0.15, -0.1) is 0 Å². The fraction of sp³-hybridized carbons (Fsp3) is 0.767. The quantitative estimate of drug-likeness (QED) is 0.308. The van der Waals surface area contributed by atoms with Crippen LogP contribution in [0.3, 0.4) is 0 Å². The molecule has 47 heavy (non-hydrogen) atoms. The molecule has 0 unspecified atom stereocenters. The van der Waals surface area contributed by atoms with Crippen LogP contribution >= 0.6 is 0 Å². The average molecular weight is 653 g/mol. The molecule has 0 aliphatic carbocycles. The molecule has 1 N–H and O–H groups in total. The normalized spacial score (nSPS) is 14.2. The number of pyridine rings is 2. The molecular formula is C43H76N2O2. The summed E-state index contributed by atoms with van der Waals surface area (Å²) in [5, 5.41) is 0. The molecule has 0 radical (unpaired) electrons. The molecular weight excluding hydrogens is 576 g/mol. The van der Waals surface area contributed by atoms with E-state index in [0.717, 1.165) is 45.0 Å². The van der Waals surface area contributed by atoms with Gasteiger partial charge in [-0.25, -0.2) is 0 Å². The molecule has 0 atom stereocenters. The molecule has 4 heteroatoms. The highest BCUT2D eigenvalue weighted by Crippen LogP contribution is 2.40. The fourth-order valence-corrected chi connectivity index (χ4v) is 7.09. The first kappa shape index (κ1) is 42.9. The van der Waals surface area contributed by atoms with Crippen LogP contribution in [-0.4, -0.2) is 9.55 Å². The summed E-state index contributed by atoms with van der Waals surface area (Å²) in [7, 11) is 2.14. The first-order valence-electron chi connectivity index (χ1n) is 17.8. The van der Waals surface area contributed by atoms with E-state index in [1.807, 2.05) is 0 Å². The molecule has 0 aliphatic heterocycles. The number of nitrogens with one attached hydrogen (secondary N) is 1. The molecule has 2 aromatic heterocycles. The van der Waals surface area contributed by atoms with Gasteiger partial charge in [-0.3, -0.25) is 9.59 Å². The largest absolute Gasteiger partial charge is 0.361 e. The molecule has 0 spiro atoms. The van der Waals surface area contributed by atoms with E-state index in [9.17, 15) is 9.59 Å². The molecule has 270 valence electrons. The highest BCUT2D eigenvalue weighted by molar-refractivity contribution is 5.45. The van der Waals surface area contributed by atoms with Gasteiger partial charge in [0.05, 0.1) is 0 Å². The van der Waals surface area contributed by atoms with Crippen LogP contribution in [0, 0.1) is 0 Å². The monoisotopic (exact) mass is 653 g/mol. The number of nitrogens with zero attached hydrogens (tertiary/aromatic N) is 1. The molecule has 0 aliphatic rings. The van der Waals surface area contributed by atoms with Crippen LogP contribution in [0.1, 0.15) is 211 Å². The van der Waals surface area contributed by atoms with E-state index in [1.165, 1.54) is 0 Å². The molecule has 0 aromatic carbocycles. The topological polar surface area (TPSA) is 54.9 Å². The summed E-state index contributed by atoms with van der Waals surface area (Å²) >= 11 is 0. The predicted molar refractivity (Wildman–Crippen MR) is 208 cm³/mol. The molecule has 0 fully saturated rings. The Morgan fingerprint density at radius 2 is 0.553 bits per heavy atom. The lowest BCUT2D eigenvalue weighted by molar-refractivity contribution is 0.431. The van der Waals surface area contributed by atoms with Crippen molar-refractivity contribution in [3.05, 3.63) is 65.5 Å². The minimum Gasteiger partial charge on any atom is -0.361 e. The number of aromatic nitrogens is 2. The minimum absolute atomic E-state index is 0.0903. The molecule has 2 rings (SSSR count). The van der Waals surface area contributed by atoms with Gasteiger partial charge in [-0.1, -0.05) is 166 Å². The second kappa shape index (κ2) is 12.7. The summed E-state index contributed by atoms with van der Waals surface area (Å²) in [6, 6.07) is 0. The fourth-order valence-electron chi connectivity index (χ4n) is 7.09. The standard InChI is InChI=1S/C22H39NO.C21H37NO/c1-19(2,3)14-16(24)15(20(4,5)6)18(22(10,11)12)23(13)17(14)21(7,8)9;1-18(2,3)13-15(23)14(19(4,5)6)17(21(10,11)12)22-16(13)20(7,8)9/h1-13H3;1-12H3,(H,22,23). The van der Waals surface area contributed by atoms with Crippen LogP contribution in [0.2, 0.25) is 0 Å². The zero-order chi connectivity index (χ0) is 38.1. The summed E-state index contributed by atoms with van der Waals surface area (Å²) in [4.78, 5) is 31.0. The van der Waals surface area contributed by atoms with E-state index in [2.05, 4.69) is 183 Å². The second-order valence-corrected chi connectivity index (χ2v) is 22.3. The first-order valence-corrected chi connectivity index (χ1v) is 17.8. The Morgan fingerprint density at radius 3 is 0.723 bits per heavy atom. The Bertz CT molecular complexity index is 1440. The molecule has 2 aromatic rings. The number of hydrogen-bond donors (Lipinski definition) is 1. The second-order valence-electron chi connectivity index (χ2n) is 22.3. The maximum Gasteiger partial charge on any atom is 0.189 e. The zero-order valence-corrected chi connectivity index (χ0v) is 35.8. The van der Waals surface area contributed by atoms with Crippen LogP contribution in [0.4, 0.5) is 0 Å². The highest BCUT2D eigenvalue weighted by Gasteiger charge is 2.39. The Balaban J connectivity index is 0.000000470. The van der Waals surface area contributed by atoms with Gasteiger partial charge in [0.2, 0.25) is 0 Å². The maximum absolute atomic E-state index is 13.7. The van der Waals surface area contributed by atoms with Crippen molar-refractivity contribution in [1.29, 1.82) is 0 Å². The minimum atomic E-state index is -0.188. The molecule has 2 heterocycles. The Kier molecular flexibility index (Phi) is 11.6. The summed E-state index contributed by atoms with van der Waals surface area (Å²) in [6.45, 7) is 52.1. The third kappa shape index (κ3) is 9.54. The van der Waals surface area contributed by atoms with Gasteiger partial charge in [0.25, 0.3) is 0 Å². The average Bonchev–Trinajstić information content (AvgIpc) is 2.73. The van der Waals surface area contributed by atoms with Gasteiger partial charge >= 0.3 is 0 Å². The summed E-state index contributed by atoms with van der Waals surface area (Å²) < 4.78 is 2.32.